The summed E-state index contributed by atoms with van der Waals surface area (Å²) >= 11 is 0. The van der Waals surface area contributed by atoms with Crippen molar-refractivity contribution in [1.82, 2.24) is 5.43 Å². The van der Waals surface area contributed by atoms with Gasteiger partial charge in [0.2, 0.25) is 0 Å². The quantitative estimate of drug-likeness (QED) is 0.373. The number of phenols is 1. The lowest BCUT2D eigenvalue weighted by Gasteiger charge is -2.08. The van der Waals surface area contributed by atoms with Gasteiger partial charge in [0.05, 0.1) is 26.0 Å². The molecule has 0 atom stereocenters. The standard InChI is InChI=1S/C17H16N2O6/c1-23-15-9-11(7-8-14(15)25-17(22)24-2)10-18-19-16(21)12-5-3-4-6-13(12)20/h3-10,20H,1-2H3,(H,19,21). The second kappa shape index (κ2) is 8.34. The van der Waals surface area contributed by atoms with Crippen molar-refractivity contribution in [2.75, 3.05) is 14.2 Å². The number of hydrazone groups is 1. The van der Waals surface area contributed by atoms with Gasteiger partial charge in [-0.2, -0.15) is 5.10 Å². The monoisotopic (exact) mass is 344 g/mol. The van der Waals surface area contributed by atoms with Crippen molar-refractivity contribution in [3.8, 4) is 17.2 Å². The first-order chi connectivity index (χ1) is 12.0. The minimum Gasteiger partial charge on any atom is -0.507 e. The first-order valence-corrected chi connectivity index (χ1v) is 7.10. The third kappa shape index (κ3) is 4.71. The molecule has 0 saturated carbocycles. The van der Waals surface area contributed by atoms with Gasteiger partial charge in [-0.25, -0.2) is 10.2 Å². The van der Waals surface area contributed by atoms with Crippen molar-refractivity contribution in [3.63, 3.8) is 0 Å². The van der Waals surface area contributed by atoms with Gasteiger partial charge >= 0.3 is 6.16 Å². The SMILES string of the molecule is COC(=O)Oc1ccc(C=NNC(=O)c2ccccc2O)cc1OC. The number of amides is 1. The molecule has 0 heterocycles. The molecule has 0 aliphatic carbocycles. The maximum Gasteiger partial charge on any atom is 0.513 e. The Balaban J connectivity index is 2.07. The number of ether oxygens (including phenoxy) is 3. The summed E-state index contributed by atoms with van der Waals surface area (Å²) in [6.07, 6.45) is 0.511. The summed E-state index contributed by atoms with van der Waals surface area (Å²) in [6.45, 7) is 0. The first-order valence-electron chi connectivity index (χ1n) is 7.10. The first kappa shape index (κ1) is 17.8. The zero-order chi connectivity index (χ0) is 18.2. The summed E-state index contributed by atoms with van der Waals surface area (Å²) in [5, 5.41) is 13.4. The molecule has 0 bridgehead atoms. The molecule has 130 valence electrons. The number of hydrogen-bond acceptors (Lipinski definition) is 7. The number of para-hydroxylation sites is 1. The smallest absolute Gasteiger partial charge is 0.507 e. The van der Waals surface area contributed by atoms with E-state index in [2.05, 4.69) is 15.3 Å². The zero-order valence-corrected chi connectivity index (χ0v) is 13.6. The molecule has 2 rings (SSSR count). The van der Waals surface area contributed by atoms with Gasteiger partial charge in [0.15, 0.2) is 11.5 Å². The molecule has 0 aliphatic rings. The van der Waals surface area contributed by atoms with Crippen LogP contribution in [0.3, 0.4) is 0 Å². The number of nitrogens with zero attached hydrogens (tertiary/aromatic N) is 1. The lowest BCUT2D eigenvalue weighted by Crippen LogP contribution is -2.17. The van der Waals surface area contributed by atoms with Crippen LogP contribution in [0, 0.1) is 0 Å². The molecule has 0 unspecified atom stereocenters. The van der Waals surface area contributed by atoms with Gasteiger partial charge in [-0.3, -0.25) is 4.79 Å². The normalized spacial score (nSPS) is 10.3. The maximum absolute atomic E-state index is 11.9. The van der Waals surface area contributed by atoms with Crippen LogP contribution in [0.1, 0.15) is 15.9 Å². The van der Waals surface area contributed by atoms with Crippen molar-refractivity contribution >= 4 is 18.3 Å². The summed E-state index contributed by atoms with van der Waals surface area (Å²) < 4.78 is 14.5. The Hall–Kier alpha value is -3.55. The Bertz CT molecular complexity index is 803. The molecular weight excluding hydrogens is 328 g/mol. The summed E-state index contributed by atoms with van der Waals surface area (Å²) in [5.41, 5.74) is 3.01. The molecule has 0 radical (unpaired) electrons. The van der Waals surface area contributed by atoms with E-state index in [0.717, 1.165) is 0 Å². The van der Waals surface area contributed by atoms with Gasteiger partial charge < -0.3 is 19.3 Å². The lowest BCUT2D eigenvalue weighted by atomic mass is 10.2. The minimum absolute atomic E-state index is 0.110. The van der Waals surface area contributed by atoms with E-state index in [1.807, 2.05) is 0 Å². The van der Waals surface area contributed by atoms with E-state index in [0.29, 0.717) is 11.3 Å². The summed E-state index contributed by atoms with van der Waals surface area (Å²) in [6, 6.07) is 10.8. The topological polar surface area (TPSA) is 106 Å². The third-order valence-corrected chi connectivity index (χ3v) is 3.08. The number of aromatic hydroxyl groups is 1. The fourth-order valence-electron chi connectivity index (χ4n) is 1.87. The molecule has 8 heteroatoms. The predicted molar refractivity (Wildman–Crippen MR) is 89.2 cm³/mol. The molecule has 0 fully saturated rings. The van der Waals surface area contributed by atoms with E-state index < -0.39 is 12.1 Å². The Morgan fingerprint density at radius 3 is 2.56 bits per heavy atom. The fraction of sp³-hybridized carbons (Fsp3) is 0.118. The Kier molecular flexibility index (Phi) is 5.94. The molecule has 0 saturated heterocycles. The second-order valence-corrected chi connectivity index (χ2v) is 4.68. The van der Waals surface area contributed by atoms with Crippen molar-refractivity contribution in [2.24, 2.45) is 5.10 Å². The van der Waals surface area contributed by atoms with Crippen LogP contribution in [0.5, 0.6) is 17.2 Å². The Morgan fingerprint density at radius 2 is 1.88 bits per heavy atom. The van der Waals surface area contributed by atoms with Crippen LogP contribution in [0.4, 0.5) is 4.79 Å². The van der Waals surface area contributed by atoms with Crippen LogP contribution in [0.25, 0.3) is 0 Å². The number of carbonyl (C=O) groups is 2. The summed E-state index contributed by atoms with van der Waals surface area (Å²) in [4.78, 5) is 23.1. The van der Waals surface area contributed by atoms with Crippen LogP contribution in [-0.2, 0) is 4.74 Å². The number of benzene rings is 2. The van der Waals surface area contributed by atoms with Crippen LogP contribution in [-0.4, -0.2) is 37.6 Å². The van der Waals surface area contributed by atoms with Crippen LogP contribution in [0.2, 0.25) is 0 Å². The van der Waals surface area contributed by atoms with Crippen LogP contribution < -0.4 is 14.9 Å². The highest BCUT2D eigenvalue weighted by atomic mass is 16.7. The van der Waals surface area contributed by atoms with Gasteiger partial charge in [0.25, 0.3) is 5.91 Å². The minimum atomic E-state index is -0.866. The number of phenolic OH excluding ortho intramolecular Hbond substituents is 1. The number of rotatable bonds is 5. The molecule has 0 spiro atoms. The Morgan fingerprint density at radius 1 is 1.12 bits per heavy atom. The van der Waals surface area contributed by atoms with Crippen molar-refractivity contribution in [2.45, 2.75) is 0 Å². The number of hydrogen-bond donors (Lipinski definition) is 2. The van der Waals surface area contributed by atoms with E-state index in [1.165, 1.54) is 38.6 Å². The number of nitrogens with one attached hydrogen (secondary N) is 1. The van der Waals surface area contributed by atoms with E-state index in [9.17, 15) is 14.7 Å². The fourth-order valence-corrected chi connectivity index (χ4v) is 1.87. The van der Waals surface area contributed by atoms with E-state index in [-0.39, 0.29) is 17.1 Å². The molecule has 25 heavy (non-hydrogen) atoms. The van der Waals surface area contributed by atoms with E-state index in [4.69, 9.17) is 9.47 Å². The van der Waals surface area contributed by atoms with Crippen LogP contribution in [0.15, 0.2) is 47.6 Å². The Labute approximate surface area is 143 Å². The highest BCUT2D eigenvalue weighted by Gasteiger charge is 2.11. The average molecular weight is 344 g/mol. The van der Waals surface area contributed by atoms with Gasteiger partial charge in [-0.15, -0.1) is 0 Å². The van der Waals surface area contributed by atoms with Gasteiger partial charge in [0, 0.05) is 0 Å². The van der Waals surface area contributed by atoms with Gasteiger partial charge in [-0.05, 0) is 35.9 Å². The van der Waals surface area contributed by atoms with Gasteiger partial charge in [-0.1, -0.05) is 12.1 Å². The largest absolute Gasteiger partial charge is 0.513 e. The molecular formula is C17H16N2O6. The lowest BCUT2D eigenvalue weighted by molar-refractivity contribution is 0.0952. The number of methoxy groups -OCH3 is 2. The van der Waals surface area contributed by atoms with Gasteiger partial charge in [0.1, 0.15) is 5.75 Å². The second-order valence-electron chi connectivity index (χ2n) is 4.68. The van der Waals surface area contributed by atoms with Crippen LogP contribution >= 0.6 is 0 Å². The number of carbonyl (C=O) groups excluding carboxylic acids is 2. The molecule has 1 amide bonds. The van der Waals surface area contributed by atoms with E-state index >= 15 is 0 Å². The van der Waals surface area contributed by atoms with Crippen molar-refractivity contribution < 1.29 is 28.9 Å². The van der Waals surface area contributed by atoms with Crippen molar-refractivity contribution in [3.05, 3.63) is 53.6 Å². The molecule has 2 N–H and O–H groups in total. The average Bonchev–Trinajstić information content (AvgIpc) is 2.62. The molecule has 2 aromatic carbocycles. The summed E-state index contributed by atoms with van der Waals surface area (Å²) in [7, 11) is 2.61. The third-order valence-electron chi connectivity index (χ3n) is 3.08. The highest BCUT2D eigenvalue weighted by molar-refractivity contribution is 5.97. The maximum atomic E-state index is 11.9. The van der Waals surface area contributed by atoms with Crippen molar-refractivity contribution in [1.29, 1.82) is 0 Å². The predicted octanol–water partition coefficient (Wildman–Crippen LogP) is 2.31. The summed E-state index contributed by atoms with van der Waals surface area (Å²) in [5.74, 6) is -0.209. The molecule has 0 aromatic heterocycles. The highest BCUT2D eigenvalue weighted by Crippen LogP contribution is 2.27. The molecule has 8 nitrogen and oxygen atoms in total. The molecule has 2 aromatic rings. The van der Waals surface area contributed by atoms with E-state index in [1.54, 1.807) is 24.3 Å². The zero-order valence-electron chi connectivity index (χ0n) is 13.6. The molecule has 0 aliphatic heterocycles.